The van der Waals surface area contributed by atoms with Crippen LogP contribution in [-0.2, 0) is 5.41 Å². The van der Waals surface area contributed by atoms with Crippen LogP contribution in [0.2, 0.25) is 0 Å². The van der Waals surface area contributed by atoms with Gasteiger partial charge in [0, 0.05) is 14.4 Å². The lowest BCUT2D eigenvalue weighted by molar-refractivity contribution is 0.199. The first-order valence-electron chi connectivity index (χ1n) is 8.20. The van der Waals surface area contributed by atoms with Crippen LogP contribution in [0.3, 0.4) is 0 Å². The van der Waals surface area contributed by atoms with Crippen molar-refractivity contribution in [1.29, 1.82) is 0 Å². The molecule has 0 aliphatic heterocycles. The van der Waals surface area contributed by atoms with Gasteiger partial charge in [0.2, 0.25) is 0 Å². The van der Waals surface area contributed by atoms with Gasteiger partial charge in [-0.1, -0.05) is 26.0 Å². The van der Waals surface area contributed by atoms with Crippen LogP contribution in [0.5, 0.6) is 11.5 Å². The summed E-state index contributed by atoms with van der Waals surface area (Å²) in [6.45, 7) is 4.66. The number of benzene rings is 2. The van der Waals surface area contributed by atoms with Crippen LogP contribution in [0.25, 0.3) is 0 Å². The molecule has 148 valence electrons. The lowest BCUT2D eigenvalue weighted by atomic mass is 9.78. The van der Waals surface area contributed by atoms with E-state index in [2.05, 4.69) is 77.6 Å². The van der Waals surface area contributed by atoms with Gasteiger partial charge in [-0.2, -0.15) is 0 Å². The summed E-state index contributed by atoms with van der Waals surface area (Å²) in [4.78, 5) is 0. The Balaban J connectivity index is 2.49. The maximum Gasteiger partial charge on any atom is 0.150 e. The van der Waals surface area contributed by atoms with E-state index in [0.717, 1.165) is 34.8 Å². The SMILES string of the molecule is CC(C)(c1ccc(OCCO)cc1)c1c(Br)c(Br)c(OCCO)c(Br)c1Br. The summed E-state index contributed by atoms with van der Waals surface area (Å²) in [5.74, 6) is 1.34. The first-order valence-corrected chi connectivity index (χ1v) is 11.4. The Morgan fingerprint density at radius 2 is 1.26 bits per heavy atom. The minimum Gasteiger partial charge on any atom is -0.491 e. The molecular weight excluding hydrogens is 612 g/mol. The summed E-state index contributed by atoms with van der Waals surface area (Å²) in [5, 5.41) is 17.9. The van der Waals surface area contributed by atoms with Crippen molar-refractivity contribution in [3.8, 4) is 11.5 Å². The molecule has 0 bridgehead atoms. The fourth-order valence-corrected chi connectivity index (χ4v) is 6.01. The Morgan fingerprint density at radius 1 is 0.778 bits per heavy atom. The smallest absolute Gasteiger partial charge is 0.150 e. The van der Waals surface area contributed by atoms with Crippen LogP contribution in [0.4, 0.5) is 0 Å². The second-order valence-corrected chi connectivity index (χ2v) is 9.43. The molecule has 0 aliphatic carbocycles. The lowest BCUT2D eigenvalue weighted by Crippen LogP contribution is -2.21. The van der Waals surface area contributed by atoms with Crippen LogP contribution < -0.4 is 9.47 Å². The Morgan fingerprint density at radius 3 is 1.74 bits per heavy atom. The molecule has 0 aliphatic rings. The molecule has 0 unspecified atom stereocenters. The molecule has 2 N–H and O–H groups in total. The van der Waals surface area contributed by atoms with Gasteiger partial charge in [0.25, 0.3) is 0 Å². The molecule has 8 heteroatoms. The van der Waals surface area contributed by atoms with Crippen molar-refractivity contribution in [2.24, 2.45) is 0 Å². The van der Waals surface area contributed by atoms with E-state index in [4.69, 9.17) is 19.7 Å². The number of hydrogen-bond acceptors (Lipinski definition) is 4. The molecule has 0 aromatic heterocycles. The Kier molecular flexibility index (Phi) is 8.64. The summed E-state index contributed by atoms with van der Waals surface area (Å²) in [6.07, 6.45) is 0. The third-order valence-corrected chi connectivity index (χ3v) is 8.29. The predicted molar refractivity (Wildman–Crippen MR) is 121 cm³/mol. The largest absolute Gasteiger partial charge is 0.491 e. The number of aliphatic hydroxyl groups is 2. The van der Waals surface area contributed by atoms with E-state index >= 15 is 0 Å². The van der Waals surface area contributed by atoms with Crippen molar-refractivity contribution in [3.63, 3.8) is 0 Å². The number of halogens is 4. The molecule has 0 heterocycles. The van der Waals surface area contributed by atoms with Gasteiger partial charge in [-0.3, -0.25) is 0 Å². The van der Waals surface area contributed by atoms with E-state index in [-0.39, 0.29) is 31.8 Å². The van der Waals surface area contributed by atoms with Crippen LogP contribution >= 0.6 is 63.7 Å². The molecule has 0 radical (unpaired) electrons. The minimum absolute atomic E-state index is 0.0140. The van der Waals surface area contributed by atoms with Crippen molar-refractivity contribution >= 4 is 63.7 Å². The Labute approximate surface area is 192 Å². The molecule has 0 saturated carbocycles. The molecule has 0 amide bonds. The van der Waals surface area contributed by atoms with Crippen LogP contribution in [0, 0.1) is 0 Å². The molecule has 2 aromatic rings. The molecule has 0 fully saturated rings. The van der Waals surface area contributed by atoms with Gasteiger partial charge in [0.05, 0.1) is 22.2 Å². The molecule has 0 spiro atoms. The molecule has 27 heavy (non-hydrogen) atoms. The summed E-state index contributed by atoms with van der Waals surface area (Å²) >= 11 is 14.6. The first kappa shape index (κ1) is 23.2. The highest BCUT2D eigenvalue weighted by Crippen LogP contribution is 2.51. The molecule has 2 rings (SSSR count). The quantitative estimate of drug-likeness (QED) is 0.362. The zero-order valence-corrected chi connectivity index (χ0v) is 21.2. The molecule has 0 atom stereocenters. The highest BCUT2D eigenvalue weighted by atomic mass is 79.9. The number of ether oxygens (including phenoxy) is 2. The normalized spacial score (nSPS) is 11.6. The van der Waals surface area contributed by atoms with Gasteiger partial charge in [0.1, 0.15) is 24.7 Å². The maximum atomic E-state index is 9.05. The maximum absolute atomic E-state index is 9.05. The van der Waals surface area contributed by atoms with E-state index in [1.54, 1.807) is 0 Å². The summed E-state index contributed by atoms with van der Waals surface area (Å²) in [7, 11) is 0. The fraction of sp³-hybridized carbons (Fsp3) is 0.368. The fourth-order valence-electron chi connectivity index (χ4n) is 2.71. The summed E-state index contributed by atoms with van der Waals surface area (Å²) in [5.41, 5.74) is 1.80. The van der Waals surface area contributed by atoms with Crippen molar-refractivity contribution < 1.29 is 19.7 Å². The molecule has 2 aromatic carbocycles. The van der Waals surface area contributed by atoms with E-state index in [9.17, 15) is 0 Å². The van der Waals surface area contributed by atoms with Crippen molar-refractivity contribution in [2.45, 2.75) is 19.3 Å². The monoisotopic (exact) mass is 628 g/mol. The van der Waals surface area contributed by atoms with Crippen molar-refractivity contribution in [2.75, 3.05) is 26.4 Å². The second-order valence-electron chi connectivity index (χ2n) is 6.25. The van der Waals surface area contributed by atoms with Crippen molar-refractivity contribution in [1.82, 2.24) is 0 Å². The van der Waals surface area contributed by atoms with Crippen LogP contribution in [0.1, 0.15) is 25.0 Å². The molecule has 4 nitrogen and oxygen atoms in total. The van der Waals surface area contributed by atoms with E-state index < -0.39 is 0 Å². The van der Waals surface area contributed by atoms with E-state index in [1.165, 1.54) is 0 Å². The standard InChI is InChI=1S/C19H20Br4O4/c1-19(2,11-3-5-12(6-4-11)26-9-7-24)13-14(20)16(22)18(27-10-8-25)17(23)15(13)21/h3-6,24-25H,7-10H2,1-2H3. The predicted octanol–water partition coefficient (Wildman–Crippen LogP) is 5.80. The number of rotatable bonds is 8. The molecular formula is C19H20Br4O4. The van der Waals surface area contributed by atoms with Gasteiger partial charge < -0.3 is 19.7 Å². The topological polar surface area (TPSA) is 58.9 Å². The summed E-state index contributed by atoms with van der Waals surface area (Å²) < 4.78 is 14.4. The third-order valence-electron chi connectivity index (χ3n) is 4.12. The van der Waals surface area contributed by atoms with Gasteiger partial charge in [-0.05, 0) is 87.0 Å². The van der Waals surface area contributed by atoms with Crippen LogP contribution in [0.15, 0.2) is 42.2 Å². The van der Waals surface area contributed by atoms with E-state index in [0.29, 0.717) is 5.75 Å². The van der Waals surface area contributed by atoms with Gasteiger partial charge in [0.15, 0.2) is 0 Å². The first-order chi connectivity index (χ1) is 12.8. The van der Waals surface area contributed by atoms with E-state index in [1.807, 2.05) is 24.3 Å². The average Bonchev–Trinajstić information content (AvgIpc) is 2.65. The average molecular weight is 632 g/mol. The minimum atomic E-state index is -0.340. The second kappa shape index (κ2) is 10.1. The third kappa shape index (κ3) is 5.08. The van der Waals surface area contributed by atoms with Crippen molar-refractivity contribution in [3.05, 3.63) is 53.3 Å². The zero-order chi connectivity index (χ0) is 20.2. The number of hydrogen-bond donors (Lipinski definition) is 2. The highest BCUT2D eigenvalue weighted by molar-refractivity contribution is 9.14. The number of aliphatic hydroxyl groups excluding tert-OH is 2. The van der Waals surface area contributed by atoms with Gasteiger partial charge in [-0.25, -0.2) is 0 Å². The highest BCUT2D eigenvalue weighted by Gasteiger charge is 2.32. The van der Waals surface area contributed by atoms with Gasteiger partial charge in [-0.15, -0.1) is 0 Å². The lowest BCUT2D eigenvalue weighted by Gasteiger charge is -2.30. The molecule has 0 saturated heterocycles. The van der Waals surface area contributed by atoms with Gasteiger partial charge >= 0.3 is 0 Å². The Bertz CT molecular complexity index is 762. The van der Waals surface area contributed by atoms with Crippen LogP contribution in [-0.4, -0.2) is 36.6 Å². The summed E-state index contributed by atoms with van der Waals surface area (Å²) in [6, 6.07) is 7.84. The zero-order valence-electron chi connectivity index (χ0n) is 14.9. The Hall–Kier alpha value is -0.120.